The third kappa shape index (κ3) is 4.72. The summed E-state index contributed by atoms with van der Waals surface area (Å²) >= 11 is 0. The molecule has 0 saturated heterocycles. The SMILES string of the molecule is C#CC(C)Nc1nc(NCCC)nc(C(C)OC)n1. The van der Waals surface area contributed by atoms with Crippen LogP contribution in [0.2, 0.25) is 0 Å². The van der Waals surface area contributed by atoms with Crippen LogP contribution in [0.4, 0.5) is 11.9 Å². The van der Waals surface area contributed by atoms with Crippen molar-refractivity contribution in [1.82, 2.24) is 15.0 Å². The summed E-state index contributed by atoms with van der Waals surface area (Å²) in [6.45, 7) is 6.62. The van der Waals surface area contributed by atoms with Gasteiger partial charge >= 0.3 is 0 Å². The summed E-state index contributed by atoms with van der Waals surface area (Å²) in [6, 6.07) is -0.146. The Morgan fingerprint density at radius 3 is 2.53 bits per heavy atom. The van der Waals surface area contributed by atoms with Crippen molar-refractivity contribution in [2.24, 2.45) is 0 Å². The van der Waals surface area contributed by atoms with Crippen LogP contribution < -0.4 is 10.6 Å². The minimum atomic E-state index is -0.202. The van der Waals surface area contributed by atoms with Gasteiger partial charge in [-0.1, -0.05) is 12.8 Å². The van der Waals surface area contributed by atoms with Crippen LogP contribution >= 0.6 is 0 Å². The lowest BCUT2D eigenvalue weighted by atomic mass is 10.3. The van der Waals surface area contributed by atoms with Gasteiger partial charge in [0, 0.05) is 13.7 Å². The first kappa shape index (κ1) is 15.2. The van der Waals surface area contributed by atoms with Crippen LogP contribution in [-0.2, 0) is 4.74 Å². The summed E-state index contributed by atoms with van der Waals surface area (Å²) in [5.41, 5.74) is 0. The van der Waals surface area contributed by atoms with Crippen molar-refractivity contribution < 1.29 is 4.74 Å². The molecule has 2 N–H and O–H groups in total. The van der Waals surface area contributed by atoms with Gasteiger partial charge in [-0.3, -0.25) is 0 Å². The maximum absolute atomic E-state index is 5.34. The normalized spacial score (nSPS) is 13.4. The van der Waals surface area contributed by atoms with Crippen molar-refractivity contribution in [2.45, 2.75) is 39.3 Å². The third-order valence-electron chi connectivity index (χ3n) is 2.50. The van der Waals surface area contributed by atoms with E-state index in [1.807, 2.05) is 13.8 Å². The molecule has 0 saturated carbocycles. The second-order valence-corrected chi connectivity index (χ2v) is 4.18. The second-order valence-electron chi connectivity index (χ2n) is 4.18. The van der Waals surface area contributed by atoms with Gasteiger partial charge in [-0.2, -0.15) is 15.0 Å². The maximum atomic E-state index is 5.34. The Morgan fingerprint density at radius 2 is 1.95 bits per heavy atom. The molecule has 0 bridgehead atoms. The van der Waals surface area contributed by atoms with E-state index in [0.29, 0.717) is 17.7 Å². The number of methoxy groups -OCH3 is 1. The molecule has 0 aliphatic heterocycles. The number of terminal acetylenes is 1. The summed E-state index contributed by atoms with van der Waals surface area (Å²) in [6.07, 6.45) is 6.13. The summed E-state index contributed by atoms with van der Waals surface area (Å²) in [4.78, 5) is 12.9. The van der Waals surface area contributed by atoms with E-state index in [2.05, 4.69) is 38.4 Å². The molecule has 1 rings (SSSR count). The minimum Gasteiger partial charge on any atom is -0.374 e. The Labute approximate surface area is 114 Å². The molecule has 1 aromatic rings. The van der Waals surface area contributed by atoms with E-state index in [1.54, 1.807) is 7.11 Å². The van der Waals surface area contributed by atoms with Crippen LogP contribution in [0.3, 0.4) is 0 Å². The van der Waals surface area contributed by atoms with E-state index >= 15 is 0 Å². The molecule has 0 spiro atoms. The molecule has 19 heavy (non-hydrogen) atoms. The number of anilines is 2. The summed E-state index contributed by atoms with van der Waals surface area (Å²) in [5.74, 6) is 4.13. The Morgan fingerprint density at radius 1 is 1.26 bits per heavy atom. The molecule has 0 aliphatic rings. The zero-order valence-corrected chi connectivity index (χ0v) is 11.9. The Balaban J connectivity index is 2.98. The topological polar surface area (TPSA) is 72.0 Å². The molecular formula is C13H21N5O. The van der Waals surface area contributed by atoms with Crippen LogP contribution in [0, 0.1) is 12.3 Å². The van der Waals surface area contributed by atoms with Gasteiger partial charge in [-0.05, 0) is 20.3 Å². The van der Waals surface area contributed by atoms with Crippen molar-refractivity contribution >= 4 is 11.9 Å². The number of nitrogens with one attached hydrogen (secondary N) is 2. The van der Waals surface area contributed by atoms with Gasteiger partial charge in [0.05, 0.1) is 6.04 Å². The number of nitrogens with zero attached hydrogens (tertiary/aromatic N) is 3. The van der Waals surface area contributed by atoms with Gasteiger partial charge in [-0.15, -0.1) is 6.42 Å². The zero-order chi connectivity index (χ0) is 14.3. The van der Waals surface area contributed by atoms with Gasteiger partial charge in [0.2, 0.25) is 11.9 Å². The van der Waals surface area contributed by atoms with Crippen molar-refractivity contribution in [3.8, 4) is 12.3 Å². The molecule has 1 aromatic heterocycles. The monoisotopic (exact) mass is 263 g/mol. The average Bonchev–Trinajstić information content (AvgIpc) is 2.43. The minimum absolute atomic E-state index is 0.146. The lowest BCUT2D eigenvalue weighted by Crippen LogP contribution is -2.18. The maximum Gasteiger partial charge on any atom is 0.228 e. The van der Waals surface area contributed by atoms with Crippen molar-refractivity contribution in [2.75, 3.05) is 24.3 Å². The Kier molecular flexibility index (Phi) is 6.03. The predicted octanol–water partition coefficient (Wildman–Crippen LogP) is 1.83. The smallest absolute Gasteiger partial charge is 0.228 e. The van der Waals surface area contributed by atoms with Crippen molar-refractivity contribution in [3.63, 3.8) is 0 Å². The van der Waals surface area contributed by atoms with Crippen LogP contribution in [0.1, 0.15) is 39.1 Å². The first-order chi connectivity index (χ1) is 9.10. The summed E-state index contributed by atoms with van der Waals surface area (Å²) in [5, 5.41) is 6.17. The first-order valence-electron chi connectivity index (χ1n) is 6.36. The molecule has 6 heteroatoms. The highest BCUT2D eigenvalue weighted by atomic mass is 16.5. The largest absolute Gasteiger partial charge is 0.374 e. The number of aromatic nitrogens is 3. The molecule has 2 unspecified atom stereocenters. The molecule has 0 fully saturated rings. The second kappa shape index (κ2) is 7.54. The predicted molar refractivity (Wildman–Crippen MR) is 75.9 cm³/mol. The lowest BCUT2D eigenvalue weighted by molar-refractivity contribution is 0.112. The lowest BCUT2D eigenvalue weighted by Gasteiger charge is -2.13. The molecule has 6 nitrogen and oxygen atoms in total. The van der Waals surface area contributed by atoms with Gasteiger partial charge in [0.15, 0.2) is 5.82 Å². The summed E-state index contributed by atoms with van der Waals surface area (Å²) < 4.78 is 5.23. The molecule has 0 radical (unpaired) electrons. The fourth-order valence-corrected chi connectivity index (χ4v) is 1.30. The number of ether oxygens (including phenoxy) is 1. The number of hydrogen-bond donors (Lipinski definition) is 2. The van der Waals surface area contributed by atoms with E-state index < -0.39 is 0 Å². The van der Waals surface area contributed by atoms with Crippen LogP contribution in [0.5, 0.6) is 0 Å². The molecular weight excluding hydrogens is 242 g/mol. The average molecular weight is 263 g/mol. The third-order valence-corrected chi connectivity index (χ3v) is 2.50. The molecule has 2 atom stereocenters. The zero-order valence-electron chi connectivity index (χ0n) is 11.9. The number of hydrogen-bond acceptors (Lipinski definition) is 6. The van der Waals surface area contributed by atoms with E-state index in [1.165, 1.54) is 0 Å². The molecule has 0 aliphatic carbocycles. The fourth-order valence-electron chi connectivity index (χ4n) is 1.30. The van der Waals surface area contributed by atoms with Gasteiger partial charge < -0.3 is 15.4 Å². The highest BCUT2D eigenvalue weighted by Gasteiger charge is 2.13. The van der Waals surface area contributed by atoms with E-state index in [0.717, 1.165) is 13.0 Å². The first-order valence-corrected chi connectivity index (χ1v) is 6.36. The van der Waals surface area contributed by atoms with E-state index in [-0.39, 0.29) is 12.1 Å². The van der Waals surface area contributed by atoms with Gasteiger partial charge in [0.25, 0.3) is 0 Å². The molecule has 0 aromatic carbocycles. The quantitative estimate of drug-likeness (QED) is 0.731. The molecule has 0 amide bonds. The van der Waals surface area contributed by atoms with Crippen molar-refractivity contribution in [3.05, 3.63) is 5.82 Å². The van der Waals surface area contributed by atoms with E-state index in [9.17, 15) is 0 Å². The highest BCUT2D eigenvalue weighted by molar-refractivity contribution is 5.37. The standard InChI is InChI=1S/C13H21N5O/c1-6-8-14-12-16-11(10(4)19-5)17-13(18-12)15-9(3)7-2/h2,9-10H,6,8H2,1,3-5H3,(H2,14,15,16,17,18). The number of rotatable bonds is 7. The van der Waals surface area contributed by atoms with E-state index in [4.69, 9.17) is 11.2 Å². The van der Waals surface area contributed by atoms with Crippen molar-refractivity contribution in [1.29, 1.82) is 0 Å². The Hall–Kier alpha value is -1.87. The highest BCUT2D eigenvalue weighted by Crippen LogP contribution is 2.15. The van der Waals surface area contributed by atoms with Crippen LogP contribution in [0.25, 0.3) is 0 Å². The Bertz CT molecular complexity index is 443. The molecule has 104 valence electrons. The summed E-state index contributed by atoms with van der Waals surface area (Å²) in [7, 11) is 1.62. The van der Waals surface area contributed by atoms with Gasteiger partial charge in [0.1, 0.15) is 6.10 Å². The van der Waals surface area contributed by atoms with Crippen LogP contribution in [0.15, 0.2) is 0 Å². The molecule has 1 heterocycles. The fraction of sp³-hybridized carbons (Fsp3) is 0.615. The van der Waals surface area contributed by atoms with Crippen LogP contribution in [-0.4, -0.2) is 34.6 Å². The van der Waals surface area contributed by atoms with Gasteiger partial charge in [-0.25, -0.2) is 0 Å².